The number of fused-ring (bicyclic) bond motifs is 1. The van der Waals surface area contributed by atoms with Gasteiger partial charge in [0.15, 0.2) is 9.84 Å². The Bertz CT molecular complexity index is 731. The molecule has 2 amide bonds. The highest BCUT2D eigenvalue weighted by Crippen LogP contribution is 2.48. The third kappa shape index (κ3) is 2.39. The van der Waals surface area contributed by atoms with Crippen LogP contribution in [0.3, 0.4) is 0 Å². The van der Waals surface area contributed by atoms with Gasteiger partial charge < -0.3 is 10.6 Å². The topological polar surface area (TPSA) is 110 Å². The van der Waals surface area contributed by atoms with Crippen molar-refractivity contribution in [2.45, 2.75) is 29.8 Å². The van der Waals surface area contributed by atoms with E-state index in [2.05, 4.69) is 4.98 Å². The lowest BCUT2D eigenvalue weighted by molar-refractivity contribution is -0.122. The van der Waals surface area contributed by atoms with Gasteiger partial charge in [0, 0.05) is 24.7 Å². The first-order valence-electron chi connectivity index (χ1n) is 6.56. The standard InChI is InChI=1S/C13H15N3O4S/c1-21(19,20)9-2-8(5-15-6-9)13(18)16-10-3-7(10)4-11(16)12(14)17/h2,5-7,10-11H,3-4H2,1H3,(H2,14,17). The van der Waals surface area contributed by atoms with Crippen LogP contribution in [-0.4, -0.2) is 48.5 Å². The van der Waals surface area contributed by atoms with E-state index in [0.29, 0.717) is 12.3 Å². The van der Waals surface area contributed by atoms with Gasteiger partial charge in [-0.25, -0.2) is 8.42 Å². The molecular formula is C13H15N3O4S. The Kier molecular flexibility index (Phi) is 3.01. The van der Waals surface area contributed by atoms with Crippen molar-refractivity contribution in [3.05, 3.63) is 24.0 Å². The fourth-order valence-corrected chi connectivity index (χ4v) is 3.48. The number of primary amides is 1. The Morgan fingerprint density at radius 2 is 2.05 bits per heavy atom. The molecule has 0 bridgehead atoms. The molecule has 1 aromatic heterocycles. The monoisotopic (exact) mass is 309 g/mol. The van der Waals surface area contributed by atoms with Crippen molar-refractivity contribution in [1.82, 2.24) is 9.88 Å². The number of amides is 2. The zero-order valence-corrected chi connectivity index (χ0v) is 12.2. The number of sulfone groups is 1. The first-order valence-corrected chi connectivity index (χ1v) is 8.45. The molecule has 7 nitrogen and oxygen atoms in total. The molecule has 0 aromatic carbocycles. The lowest BCUT2D eigenvalue weighted by Gasteiger charge is -2.25. The van der Waals surface area contributed by atoms with Crippen LogP contribution in [0.25, 0.3) is 0 Å². The van der Waals surface area contributed by atoms with Gasteiger partial charge in [0.2, 0.25) is 5.91 Å². The summed E-state index contributed by atoms with van der Waals surface area (Å²) in [7, 11) is -3.44. The number of nitrogens with two attached hydrogens (primary N) is 1. The molecule has 1 aliphatic heterocycles. The van der Waals surface area contributed by atoms with E-state index in [1.54, 1.807) is 0 Å². The van der Waals surface area contributed by atoms with Crippen molar-refractivity contribution >= 4 is 21.7 Å². The molecule has 21 heavy (non-hydrogen) atoms. The van der Waals surface area contributed by atoms with Crippen molar-refractivity contribution in [2.24, 2.45) is 11.7 Å². The highest BCUT2D eigenvalue weighted by atomic mass is 32.2. The molecule has 3 rings (SSSR count). The van der Waals surface area contributed by atoms with E-state index in [0.717, 1.165) is 12.7 Å². The van der Waals surface area contributed by atoms with Crippen LogP contribution in [0, 0.1) is 5.92 Å². The first kappa shape index (κ1) is 14.0. The van der Waals surface area contributed by atoms with Crippen LogP contribution in [0.15, 0.2) is 23.4 Å². The van der Waals surface area contributed by atoms with Gasteiger partial charge in [-0.15, -0.1) is 0 Å². The zero-order valence-electron chi connectivity index (χ0n) is 11.4. The van der Waals surface area contributed by atoms with Crippen molar-refractivity contribution in [3.63, 3.8) is 0 Å². The van der Waals surface area contributed by atoms with Crippen LogP contribution < -0.4 is 5.73 Å². The maximum Gasteiger partial charge on any atom is 0.256 e. The predicted molar refractivity (Wildman–Crippen MR) is 73.0 cm³/mol. The molecule has 1 aromatic rings. The number of carbonyl (C=O) groups is 2. The third-order valence-corrected chi connectivity index (χ3v) is 5.14. The van der Waals surface area contributed by atoms with E-state index in [1.165, 1.54) is 23.4 Å². The molecule has 1 aliphatic carbocycles. The van der Waals surface area contributed by atoms with Gasteiger partial charge in [-0.1, -0.05) is 0 Å². The maximum absolute atomic E-state index is 12.6. The normalized spacial score (nSPS) is 27.3. The van der Waals surface area contributed by atoms with Crippen LogP contribution in [0.4, 0.5) is 0 Å². The lowest BCUT2D eigenvalue weighted by atomic mass is 10.1. The highest BCUT2D eigenvalue weighted by molar-refractivity contribution is 7.90. The van der Waals surface area contributed by atoms with Crippen molar-refractivity contribution in [3.8, 4) is 0 Å². The van der Waals surface area contributed by atoms with E-state index in [9.17, 15) is 18.0 Å². The number of likely N-dealkylation sites (tertiary alicyclic amines) is 1. The lowest BCUT2D eigenvalue weighted by Crippen LogP contribution is -2.46. The smallest absolute Gasteiger partial charge is 0.256 e. The summed E-state index contributed by atoms with van der Waals surface area (Å²) >= 11 is 0. The minimum atomic E-state index is -3.44. The number of hydrogen-bond acceptors (Lipinski definition) is 5. The fourth-order valence-electron chi connectivity index (χ4n) is 2.89. The van der Waals surface area contributed by atoms with Gasteiger partial charge in [-0.2, -0.15) is 0 Å². The molecule has 3 atom stereocenters. The Morgan fingerprint density at radius 1 is 1.33 bits per heavy atom. The summed E-state index contributed by atoms with van der Waals surface area (Å²) in [6.45, 7) is 0. The number of carbonyl (C=O) groups excluding carboxylic acids is 2. The number of piperidine rings is 1. The molecular weight excluding hydrogens is 294 g/mol. The van der Waals surface area contributed by atoms with Gasteiger partial charge in [-0.05, 0) is 24.8 Å². The van der Waals surface area contributed by atoms with Crippen molar-refractivity contribution in [1.29, 1.82) is 0 Å². The average molecular weight is 309 g/mol. The summed E-state index contributed by atoms with van der Waals surface area (Å²) in [5, 5.41) is 0. The molecule has 1 saturated carbocycles. The molecule has 8 heteroatoms. The van der Waals surface area contributed by atoms with E-state index < -0.39 is 21.8 Å². The second kappa shape index (κ2) is 4.52. The van der Waals surface area contributed by atoms with E-state index >= 15 is 0 Å². The minimum Gasteiger partial charge on any atom is -0.368 e. The SMILES string of the molecule is CS(=O)(=O)c1cncc(C(=O)N2C(C(N)=O)CC3CC32)c1. The Morgan fingerprint density at radius 3 is 2.67 bits per heavy atom. The second-order valence-electron chi connectivity index (χ2n) is 5.61. The molecule has 2 heterocycles. The van der Waals surface area contributed by atoms with Crippen molar-refractivity contribution in [2.75, 3.05) is 6.26 Å². The summed E-state index contributed by atoms with van der Waals surface area (Å²) in [6.07, 6.45) is 5.02. The van der Waals surface area contributed by atoms with Gasteiger partial charge >= 0.3 is 0 Å². The van der Waals surface area contributed by atoms with Gasteiger partial charge in [0.05, 0.1) is 10.5 Å². The first-order chi connectivity index (χ1) is 9.79. The van der Waals surface area contributed by atoms with Crippen LogP contribution >= 0.6 is 0 Å². The molecule has 3 unspecified atom stereocenters. The maximum atomic E-state index is 12.6. The number of nitrogens with zero attached hydrogens (tertiary/aromatic N) is 2. The summed E-state index contributed by atoms with van der Waals surface area (Å²) in [4.78, 5) is 29.3. The van der Waals surface area contributed by atoms with Crippen molar-refractivity contribution < 1.29 is 18.0 Å². The molecule has 2 N–H and O–H groups in total. The van der Waals surface area contributed by atoms with Gasteiger partial charge in [0.25, 0.3) is 5.91 Å². The molecule has 2 fully saturated rings. The fraction of sp³-hybridized carbons (Fsp3) is 0.462. The average Bonchev–Trinajstić information content (AvgIpc) is 3.08. The highest BCUT2D eigenvalue weighted by Gasteiger charge is 2.55. The molecule has 1 saturated heterocycles. The summed E-state index contributed by atoms with van der Waals surface area (Å²) < 4.78 is 23.1. The largest absolute Gasteiger partial charge is 0.368 e. The summed E-state index contributed by atoms with van der Waals surface area (Å²) in [5.74, 6) is -0.581. The number of pyridine rings is 1. The Hall–Kier alpha value is -1.96. The number of hydrogen-bond donors (Lipinski definition) is 1. The zero-order chi connectivity index (χ0) is 15.4. The van der Waals surface area contributed by atoms with Crippen LogP contribution in [0.2, 0.25) is 0 Å². The molecule has 0 radical (unpaired) electrons. The van der Waals surface area contributed by atoms with E-state index in [1.807, 2.05) is 0 Å². The third-order valence-electron chi connectivity index (χ3n) is 4.06. The number of aromatic nitrogens is 1. The summed E-state index contributed by atoms with van der Waals surface area (Å²) in [6, 6.07) is 0.721. The second-order valence-corrected chi connectivity index (χ2v) is 7.63. The number of rotatable bonds is 3. The molecule has 2 aliphatic rings. The summed E-state index contributed by atoms with van der Waals surface area (Å²) in [5.41, 5.74) is 5.51. The minimum absolute atomic E-state index is 0.0180. The van der Waals surface area contributed by atoms with Gasteiger partial charge in [-0.3, -0.25) is 14.6 Å². The van der Waals surface area contributed by atoms with Crippen LogP contribution in [0.1, 0.15) is 23.2 Å². The van der Waals surface area contributed by atoms with Crippen LogP contribution in [0.5, 0.6) is 0 Å². The van der Waals surface area contributed by atoms with Crippen LogP contribution in [-0.2, 0) is 14.6 Å². The van der Waals surface area contributed by atoms with Gasteiger partial charge in [0.1, 0.15) is 6.04 Å². The van der Waals surface area contributed by atoms with E-state index in [-0.39, 0.29) is 22.4 Å². The molecule has 0 spiro atoms. The Balaban J connectivity index is 1.93. The quantitative estimate of drug-likeness (QED) is 0.815. The predicted octanol–water partition coefficient (Wildman–Crippen LogP) is -0.427. The Labute approximate surface area is 122 Å². The van der Waals surface area contributed by atoms with E-state index in [4.69, 9.17) is 5.73 Å². The molecule has 112 valence electrons.